The molecule has 38 heavy (non-hydrogen) atoms. The summed E-state index contributed by atoms with van der Waals surface area (Å²) in [5.74, 6) is -2.75. The Balaban J connectivity index is 0.000000638. The topological polar surface area (TPSA) is 91.8 Å². The fraction of sp³-hybridized carbons (Fsp3) is 0.321. The number of pyridine rings is 1. The average molecular weight is 532 g/mol. The minimum Gasteiger partial charge on any atom is -0.475 e. The number of ether oxygens (including phenoxy) is 1. The van der Waals surface area contributed by atoms with Crippen LogP contribution in [0.3, 0.4) is 0 Å². The summed E-state index contributed by atoms with van der Waals surface area (Å²) < 4.78 is 36.9. The van der Waals surface area contributed by atoms with Gasteiger partial charge in [0, 0.05) is 44.1 Å². The Hall–Kier alpha value is -3.76. The third-order valence-corrected chi connectivity index (χ3v) is 5.32. The Labute approximate surface area is 220 Å². The number of carboxylic acid groups (broad SMARTS) is 1. The molecule has 2 N–H and O–H groups in total. The lowest BCUT2D eigenvalue weighted by molar-refractivity contribution is -0.192. The van der Waals surface area contributed by atoms with Crippen molar-refractivity contribution in [1.29, 1.82) is 0 Å². The molecule has 1 amide bonds. The van der Waals surface area contributed by atoms with Crippen LogP contribution in [0.25, 0.3) is 11.3 Å². The number of benzene rings is 2. The van der Waals surface area contributed by atoms with Gasteiger partial charge in [-0.05, 0) is 42.3 Å². The fourth-order valence-corrected chi connectivity index (χ4v) is 3.33. The van der Waals surface area contributed by atoms with E-state index in [-0.39, 0.29) is 5.91 Å². The lowest BCUT2D eigenvalue weighted by Crippen LogP contribution is -2.33. The van der Waals surface area contributed by atoms with E-state index in [1.807, 2.05) is 41.4 Å². The quantitative estimate of drug-likeness (QED) is 0.332. The molecule has 2 aromatic carbocycles. The van der Waals surface area contributed by atoms with Crippen molar-refractivity contribution >= 4 is 11.9 Å². The van der Waals surface area contributed by atoms with E-state index in [0.717, 1.165) is 36.3 Å². The number of nitrogens with zero attached hydrogens (tertiary/aromatic N) is 2. The summed E-state index contributed by atoms with van der Waals surface area (Å²) in [6.45, 7) is 5.59. The Bertz CT molecular complexity index is 1120. The Kier molecular flexibility index (Phi) is 12.4. The number of hydrogen-bond donors (Lipinski definition) is 2. The van der Waals surface area contributed by atoms with E-state index < -0.39 is 12.1 Å². The van der Waals surface area contributed by atoms with Gasteiger partial charge in [0.2, 0.25) is 0 Å². The van der Waals surface area contributed by atoms with Crippen LogP contribution in [0.1, 0.15) is 34.8 Å². The van der Waals surface area contributed by atoms with Crippen LogP contribution in [0.5, 0.6) is 0 Å². The first-order valence-corrected chi connectivity index (χ1v) is 12.0. The van der Waals surface area contributed by atoms with E-state index in [9.17, 15) is 18.0 Å². The lowest BCUT2D eigenvalue weighted by Gasteiger charge is -2.23. The maximum absolute atomic E-state index is 12.9. The number of carbonyl (C=O) groups excluding carboxylic acids is 1. The highest BCUT2D eigenvalue weighted by Gasteiger charge is 2.38. The van der Waals surface area contributed by atoms with E-state index in [0.29, 0.717) is 25.3 Å². The van der Waals surface area contributed by atoms with Gasteiger partial charge < -0.3 is 20.1 Å². The maximum atomic E-state index is 12.9. The van der Waals surface area contributed by atoms with Gasteiger partial charge in [-0.15, -0.1) is 0 Å². The second-order valence-electron chi connectivity index (χ2n) is 8.31. The molecule has 3 rings (SSSR count). The molecule has 204 valence electrons. The minimum atomic E-state index is -5.08. The number of aromatic nitrogens is 1. The molecule has 0 saturated heterocycles. The van der Waals surface area contributed by atoms with Crippen molar-refractivity contribution in [2.45, 2.75) is 32.6 Å². The van der Waals surface area contributed by atoms with Crippen molar-refractivity contribution in [1.82, 2.24) is 15.2 Å². The van der Waals surface area contributed by atoms with Crippen molar-refractivity contribution in [2.24, 2.45) is 0 Å². The van der Waals surface area contributed by atoms with Crippen LogP contribution >= 0.6 is 0 Å². The summed E-state index contributed by atoms with van der Waals surface area (Å²) in [7, 11) is 1.65. The number of halogens is 3. The zero-order valence-electron chi connectivity index (χ0n) is 21.4. The molecule has 0 aliphatic rings. The lowest BCUT2D eigenvalue weighted by atomic mass is 10.1. The standard InChI is InChI=1S/C26H31N3O2.C2HF3O2/c1-3-15-27-18-22-11-14-25(28-19-22)23-12-9-21(10-13-23)20-29(16-17-31-2)26(30)24-7-5-4-6-8-24;3-2(4,5)1(6)7/h4-14,19,27H,3,15-18,20H2,1-2H3;(H,6,7). The van der Waals surface area contributed by atoms with E-state index >= 15 is 0 Å². The van der Waals surface area contributed by atoms with Crippen LogP contribution in [-0.4, -0.2) is 59.8 Å². The summed E-state index contributed by atoms with van der Waals surface area (Å²) >= 11 is 0. The van der Waals surface area contributed by atoms with Crippen molar-refractivity contribution in [3.8, 4) is 11.3 Å². The van der Waals surface area contributed by atoms with E-state index in [4.69, 9.17) is 14.6 Å². The summed E-state index contributed by atoms with van der Waals surface area (Å²) in [5.41, 5.74) is 4.96. The first kappa shape index (κ1) is 30.5. The first-order chi connectivity index (χ1) is 18.2. The summed E-state index contributed by atoms with van der Waals surface area (Å²) in [5, 5.41) is 10.5. The predicted molar refractivity (Wildman–Crippen MR) is 138 cm³/mol. The Morgan fingerprint density at radius 3 is 2.16 bits per heavy atom. The number of aliphatic carboxylic acids is 1. The molecule has 1 heterocycles. The highest BCUT2D eigenvalue weighted by Crippen LogP contribution is 2.19. The van der Waals surface area contributed by atoms with Gasteiger partial charge in [0.05, 0.1) is 12.3 Å². The number of carboxylic acids is 1. The van der Waals surface area contributed by atoms with Gasteiger partial charge in [0.15, 0.2) is 0 Å². The zero-order chi connectivity index (χ0) is 28.0. The van der Waals surface area contributed by atoms with Gasteiger partial charge in [-0.3, -0.25) is 9.78 Å². The summed E-state index contributed by atoms with van der Waals surface area (Å²) in [4.78, 5) is 28.2. The van der Waals surface area contributed by atoms with Gasteiger partial charge in [0.1, 0.15) is 0 Å². The number of rotatable bonds is 11. The molecule has 1 aromatic heterocycles. The van der Waals surface area contributed by atoms with Gasteiger partial charge >= 0.3 is 12.1 Å². The normalized spacial score (nSPS) is 10.9. The molecule has 3 aromatic rings. The number of hydrogen-bond acceptors (Lipinski definition) is 5. The van der Waals surface area contributed by atoms with Gasteiger partial charge in [-0.25, -0.2) is 4.79 Å². The second-order valence-corrected chi connectivity index (χ2v) is 8.31. The van der Waals surface area contributed by atoms with Crippen LogP contribution < -0.4 is 5.32 Å². The third-order valence-electron chi connectivity index (χ3n) is 5.32. The molecule has 0 spiro atoms. The van der Waals surface area contributed by atoms with Crippen LogP contribution in [-0.2, 0) is 22.6 Å². The minimum absolute atomic E-state index is 0.00987. The molecule has 0 bridgehead atoms. The molecule has 0 saturated carbocycles. The maximum Gasteiger partial charge on any atom is 0.490 e. The molecule has 0 aliphatic carbocycles. The number of amides is 1. The first-order valence-electron chi connectivity index (χ1n) is 12.0. The molecular weight excluding hydrogens is 499 g/mol. The SMILES string of the molecule is CCCNCc1ccc(-c2ccc(CN(CCOC)C(=O)c3ccccc3)cc2)nc1.O=C(O)C(F)(F)F. The van der Waals surface area contributed by atoms with Gasteiger partial charge in [0.25, 0.3) is 5.91 Å². The molecule has 0 aliphatic heterocycles. The highest BCUT2D eigenvalue weighted by atomic mass is 19.4. The molecule has 10 heteroatoms. The van der Waals surface area contributed by atoms with Crippen LogP contribution in [0.4, 0.5) is 13.2 Å². The Morgan fingerprint density at radius 2 is 1.63 bits per heavy atom. The number of methoxy groups -OCH3 is 1. The molecule has 0 atom stereocenters. The summed E-state index contributed by atoms with van der Waals surface area (Å²) in [6.07, 6.45) is -2.03. The van der Waals surface area contributed by atoms with E-state index in [1.54, 1.807) is 7.11 Å². The van der Waals surface area contributed by atoms with E-state index in [2.05, 4.69) is 53.6 Å². The van der Waals surface area contributed by atoms with Gasteiger partial charge in [-0.1, -0.05) is 55.5 Å². The number of carbonyl (C=O) groups is 2. The van der Waals surface area contributed by atoms with Gasteiger partial charge in [-0.2, -0.15) is 13.2 Å². The van der Waals surface area contributed by atoms with E-state index in [1.165, 1.54) is 5.56 Å². The molecule has 0 unspecified atom stereocenters. The number of alkyl halides is 3. The summed E-state index contributed by atoms with van der Waals surface area (Å²) in [6, 6.07) is 21.8. The average Bonchev–Trinajstić information content (AvgIpc) is 2.92. The van der Waals surface area contributed by atoms with Crippen LogP contribution in [0, 0.1) is 0 Å². The van der Waals surface area contributed by atoms with Crippen molar-refractivity contribution < 1.29 is 32.6 Å². The van der Waals surface area contributed by atoms with Crippen LogP contribution in [0.2, 0.25) is 0 Å². The molecule has 0 radical (unpaired) electrons. The third kappa shape index (κ3) is 10.3. The van der Waals surface area contributed by atoms with Crippen molar-refractivity contribution in [3.63, 3.8) is 0 Å². The second kappa shape index (κ2) is 15.5. The number of nitrogens with one attached hydrogen (secondary N) is 1. The fourth-order valence-electron chi connectivity index (χ4n) is 3.33. The smallest absolute Gasteiger partial charge is 0.475 e. The molecule has 0 fully saturated rings. The Morgan fingerprint density at radius 1 is 1.00 bits per heavy atom. The van der Waals surface area contributed by atoms with Crippen molar-refractivity contribution in [3.05, 3.63) is 89.6 Å². The predicted octanol–water partition coefficient (Wildman–Crippen LogP) is 5.17. The monoisotopic (exact) mass is 531 g/mol. The zero-order valence-corrected chi connectivity index (χ0v) is 21.4. The molecular formula is C28H32F3N3O4. The van der Waals surface area contributed by atoms with Crippen molar-refractivity contribution in [2.75, 3.05) is 26.8 Å². The largest absolute Gasteiger partial charge is 0.490 e. The highest BCUT2D eigenvalue weighted by molar-refractivity contribution is 5.94. The van der Waals surface area contributed by atoms with Crippen LogP contribution in [0.15, 0.2) is 72.9 Å². The molecule has 7 nitrogen and oxygen atoms in total.